The highest BCUT2D eigenvalue weighted by Crippen LogP contribution is 2.29. The Morgan fingerprint density at radius 1 is 1.71 bits per heavy atom. The van der Waals surface area contributed by atoms with Crippen LogP contribution in [0.1, 0.15) is 24.9 Å². The molecule has 1 unspecified atom stereocenters. The lowest BCUT2D eigenvalue weighted by atomic mass is 10.1. The Morgan fingerprint density at radius 2 is 2.47 bits per heavy atom. The van der Waals surface area contributed by atoms with Crippen molar-refractivity contribution in [3.63, 3.8) is 0 Å². The third-order valence-corrected chi connectivity index (χ3v) is 2.95. The van der Waals surface area contributed by atoms with E-state index in [9.17, 15) is 9.18 Å². The van der Waals surface area contributed by atoms with Crippen molar-refractivity contribution in [2.45, 2.75) is 25.5 Å². The van der Waals surface area contributed by atoms with Crippen LogP contribution in [0.3, 0.4) is 0 Å². The van der Waals surface area contributed by atoms with Gasteiger partial charge in [0.15, 0.2) is 0 Å². The standard InChI is InChI=1S/C11H12ClFN2O2/c1-6(16)17-8-3-10(14-5-8)9-2-7(13)4-15-11(9)12/h2,4,8,10,14H,3,5H2,1H3/t8?,10-/m1/s1. The average molecular weight is 259 g/mol. The lowest BCUT2D eigenvalue weighted by Crippen LogP contribution is -2.19. The summed E-state index contributed by atoms with van der Waals surface area (Å²) in [5, 5.41) is 3.40. The van der Waals surface area contributed by atoms with E-state index in [1.54, 1.807) is 0 Å². The molecule has 6 heteroatoms. The minimum absolute atomic E-state index is 0.130. The van der Waals surface area contributed by atoms with E-state index in [1.807, 2.05) is 0 Å². The molecule has 1 aliphatic heterocycles. The molecule has 0 amide bonds. The number of rotatable bonds is 2. The fourth-order valence-electron chi connectivity index (χ4n) is 1.95. The summed E-state index contributed by atoms with van der Waals surface area (Å²) in [5.41, 5.74) is 0.598. The zero-order chi connectivity index (χ0) is 12.4. The zero-order valence-electron chi connectivity index (χ0n) is 9.24. The van der Waals surface area contributed by atoms with Crippen LogP contribution in [-0.4, -0.2) is 23.6 Å². The molecule has 1 saturated heterocycles. The second-order valence-corrected chi connectivity index (χ2v) is 4.32. The number of ether oxygens (including phenoxy) is 1. The van der Waals surface area contributed by atoms with E-state index in [0.29, 0.717) is 18.5 Å². The van der Waals surface area contributed by atoms with Gasteiger partial charge in [0.25, 0.3) is 0 Å². The highest BCUT2D eigenvalue weighted by molar-refractivity contribution is 6.30. The Labute approximate surface area is 103 Å². The molecule has 17 heavy (non-hydrogen) atoms. The fourth-order valence-corrected chi connectivity index (χ4v) is 2.18. The van der Waals surface area contributed by atoms with Crippen molar-refractivity contribution in [1.29, 1.82) is 0 Å². The predicted octanol–water partition coefficient (Wildman–Crippen LogP) is 1.84. The molecule has 1 aromatic heterocycles. The van der Waals surface area contributed by atoms with Gasteiger partial charge in [-0.2, -0.15) is 0 Å². The van der Waals surface area contributed by atoms with Gasteiger partial charge in [-0.1, -0.05) is 11.6 Å². The SMILES string of the molecule is CC(=O)OC1CN[C@@H](c2cc(F)cnc2Cl)C1. The van der Waals surface area contributed by atoms with Crippen molar-refractivity contribution in [3.8, 4) is 0 Å². The summed E-state index contributed by atoms with van der Waals surface area (Å²) in [6, 6.07) is 1.22. The summed E-state index contributed by atoms with van der Waals surface area (Å²) in [6.07, 6.45) is 1.45. The highest BCUT2D eigenvalue weighted by Gasteiger charge is 2.29. The lowest BCUT2D eigenvalue weighted by molar-refractivity contribution is -0.145. The first-order valence-corrected chi connectivity index (χ1v) is 5.65. The molecule has 0 radical (unpaired) electrons. The first kappa shape index (κ1) is 12.3. The Bertz CT molecular complexity index is 441. The van der Waals surface area contributed by atoms with Gasteiger partial charge in [-0.05, 0) is 6.07 Å². The van der Waals surface area contributed by atoms with Gasteiger partial charge in [-0.3, -0.25) is 4.79 Å². The zero-order valence-corrected chi connectivity index (χ0v) is 10.00. The molecule has 4 nitrogen and oxygen atoms in total. The molecule has 2 heterocycles. The Kier molecular flexibility index (Phi) is 3.59. The predicted molar refractivity (Wildman–Crippen MR) is 60.1 cm³/mol. The minimum atomic E-state index is -0.429. The molecule has 1 fully saturated rings. The van der Waals surface area contributed by atoms with Crippen molar-refractivity contribution in [2.24, 2.45) is 0 Å². The topological polar surface area (TPSA) is 51.2 Å². The molecule has 1 N–H and O–H groups in total. The Hall–Kier alpha value is -1.20. The second-order valence-electron chi connectivity index (χ2n) is 3.96. The van der Waals surface area contributed by atoms with Gasteiger partial charge >= 0.3 is 5.97 Å². The summed E-state index contributed by atoms with van der Waals surface area (Å²) in [4.78, 5) is 14.6. The third kappa shape index (κ3) is 2.92. The van der Waals surface area contributed by atoms with Crippen molar-refractivity contribution in [1.82, 2.24) is 10.3 Å². The quantitative estimate of drug-likeness (QED) is 0.650. The van der Waals surface area contributed by atoms with E-state index in [0.717, 1.165) is 6.20 Å². The van der Waals surface area contributed by atoms with Crippen LogP contribution in [0.15, 0.2) is 12.3 Å². The number of aromatic nitrogens is 1. The van der Waals surface area contributed by atoms with Gasteiger partial charge in [0.2, 0.25) is 0 Å². The number of esters is 1. The summed E-state index contributed by atoms with van der Waals surface area (Å²) in [6.45, 7) is 1.90. The Balaban J connectivity index is 2.09. The lowest BCUT2D eigenvalue weighted by Gasteiger charge is -2.12. The van der Waals surface area contributed by atoms with Crippen molar-refractivity contribution >= 4 is 17.6 Å². The van der Waals surface area contributed by atoms with Crippen LogP contribution >= 0.6 is 11.6 Å². The van der Waals surface area contributed by atoms with E-state index in [-0.39, 0.29) is 23.3 Å². The van der Waals surface area contributed by atoms with Gasteiger partial charge in [-0.15, -0.1) is 0 Å². The summed E-state index contributed by atoms with van der Waals surface area (Å²) >= 11 is 5.90. The molecule has 1 aliphatic rings. The fraction of sp³-hybridized carbons (Fsp3) is 0.455. The second kappa shape index (κ2) is 4.98. The number of pyridine rings is 1. The van der Waals surface area contributed by atoms with Crippen LogP contribution in [0.25, 0.3) is 0 Å². The van der Waals surface area contributed by atoms with Gasteiger partial charge in [0, 0.05) is 31.5 Å². The molecule has 92 valence electrons. The van der Waals surface area contributed by atoms with Crippen LogP contribution in [-0.2, 0) is 9.53 Å². The molecule has 0 aromatic carbocycles. The third-order valence-electron chi connectivity index (χ3n) is 2.63. The molecule has 0 aliphatic carbocycles. The van der Waals surface area contributed by atoms with Crippen LogP contribution in [0, 0.1) is 5.82 Å². The van der Waals surface area contributed by atoms with Crippen molar-refractivity contribution in [2.75, 3.05) is 6.54 Å². The minimum Gasteiger partial charge on any atom is -0.461 e. The van der Waals surface area contributed by atoms with Crippen molar-refractivity contribution < 1.29 is 13.9 Å². The molecular formula is C11H12ClFN2O2. The molecule has 0 bridgehead atoms. The Morgan fingerprint density at radius 3 is 3.18 bits per heavy atom. The van der Waals surface area contributed by atoms with Gasteiger partial charge in [0.05, 0.1) is 6.20 Å². The maximum Gasteiger partial charge on any atom is 0.302 e. The van der Waals surface area contributed by atoms with E-state index in [1.165, 1.54) is 13.0 Å². The van der Waals surface area contributed by atoms with Crippen LogP contribution in [0.4, 0.5) is 4.39 Å². The first-order chi connectivity index (χ1) is 8.06. The van der Waals surface area contributed by atoms with E-state index >= 15 is 0 Å². The van der Waals surface area contributed by atoms with Crippen LogP contribution in [0.5, 0.6) is 0 Å². The molecule has 0 saturated carbocycles. The summed E-state index contributed by atoms with van der Waals surface area (Å²) in [5.74, 6) is -0.747. The van der Waals surface area contributed by atoms with E-state index in [2.05, 4.69) is 10.3 Å². The first-order valence-electron chi connectivity index (χ1n) is 5.28. The summed E-state index contributed by atoms with van der Waals surface area (Å²) < 4.78 is 18.1. The molecule has 2 atom stereocenters. The monoisotopic (exact) mass is 258 g/mol. The molecule has 1 aromatic rings. The molecule has 0 spiro atoms. The number of carbonyl (C=O) groups excluding carboxylic acids is 1. The summed E-state index contributed by atoms with van der Waals surface area (Å²) in [7, 11) is 0. The maximum absolute atomic E-state index is 13.1. The highest BCUT2D eigenvalue weighted by atomic mass is 35.5. The van der Waals surface area contributed by atoms with E-state index < -0.39 is 5.82 Å². The van der Waals surface area contributed by atoms with Crippen LogP contribution in [0.2, 0.25) is 5.15 Å². The number of hydrogen-bond acceptors (Lipinski definition) is 4. The number of halogens is 2. The number of carbonyl (C=O) groups is 1. The van der Waals surface area contributed by atoms with E-state index in [4.69, 9.17) is 16.3 Å². The number of nitrogens with one attached hydrogen (secondary N) is 1. The number of nitrogens with zero attached hydrogens (tertiary/aromatic N) is 1. The van der Waals surface area contributed by atoms with Crippen LogP contribution < -0.4 is 5.32 Å². The van der Waals surface area contributed by atoms with Gasteiger partial charge < -0.3 is 10.1 Å². The average Bonchev–Trinajstić information content (AvgIpc) is 2.69. The largest absolute Gasteiger partial charge is 0.461 e. The molecular weight excluding hydrogens is 247 g/mol. The van der Waals surface area contributed by atoms with Crippen molar-refractivity contribution in [3.05, 3.63) is 28.8 Å². The smallest absolute Gasteiger partial charge is 0.302 e. The van der Waals surface area contributed by atoms with Gasteiger partial charge in [0.1, 0.15) is 17.1 Å². The normalized spacial score (nSPS) is 23.7. The van der Waals surface area contributed by atoms with Gasteiger partial charge in [-0.25, -0.2) is 9.37 Å². The maximum atomic E-state index is 13.1. The molecule has 2 rings (SSSR count). The number of hydrogen-bond donors (Lipinski definition) is 1.